The Morgan fingerprint density at radius 2 is 1.68 bits per heavy atom. The smallest absolute Gasteiger partial charge is 0.266 e. The molecule has 5 rings (SSSR count). The monoisotopic (exact) mass is 430 g/mol. The Kier molecular flexibility index (Phi) is 4.87. The molecule has 0 bridgehead atoms. The highest BCUT2D eigenvalue weighted by Crippen LogP contribution is 2.16. The highest BCUT2D eigenvalue weighted by Gasteiger charge is 2.12. The lowest BCUT2D eigenvalue weighted by molar-refractivity contribution is 0.675. The van der Waals surface area contributed by atoms with Gasteiger partial charge in [0.15, 0.2) is 0 Å². The van der Waals surface area contributed by atoms with E-state index in [9.17, 15) is 9.59 Å². The van der Waals surface area contributed by atoms with Crippen LogP contribution in [-0.4, -0.2) is 35.6 Å². The molecule has 31 heavy (non-hydrogen) atoms. The van der Waals surface area contributed by atoms with E-state index in [1.807, 2.05) is 42.7 Å². The summed E-state index contributed by atoms with van der Waals surface area (Å²) < 4.78 is 3.03. The van der Waals surface area contributed by atoms with Gasteiger partial charge in [-0.2, -0.15) is 4.98 Å². The van der Waals surface area contributed by atoms with Crippen LogP contribution in [0.2, 0.25) is 0 Å². The Balaban J connectivity index is 1.59. The largest absolute Gasteiger partial charge is 0.315 e. The molecule has 0 saturated heterocycles. The molecular weight excluding hydrogens is 412 g/mol. The summed E-state index contributed by atoms with van der Waals surface area (Å²) in [5.41, 5.74) is 1.78. The first-order valence-corrected chi connectivity index (χ1v) is 10.9. The van der Waals surface area contributed by atoms with E-state index in [1.165, 1.54) is 16.3 Å². The Morgan fingerprint density at radius 3 is 2.42 bits per heavy atom. The Hall–Kier alpha value is -3.72. The predicted octanol–water partition coefficient (Wildman–Crippen LogP) is 2.78. The second-order valence-corrected chi connectivity index (χ2v) is 7.81. The van der Waals surface area contributed by atoms with Crippen molar-refractivity contribution in [3.8, 4) is 5.95 Å². The zero-order chi connectivity index (χ0) is 21.4. The number of hydrogen-bond acceptors (Lipinski definition) is 6. The maximum atomic E-state index is 13.1. The van der Waals surface area contributed by atoms with Crippen molar-refractivity contribution in [2.75, 3.05) is 6.26 Å². The van der Waals surface area contributed by atoms with Crippen LogP contribution in [0.15, 0.2) is 75.7 Å². The normalized spacial score (nSPS) is 11.4. The molecule has 5 aromatic rings. The van der Waals surface area contributed by atoms with Crippen LogP contribution in [0.25, 0.3) is 27.8 Å². The van der Waals surface area contributed by atoms with Crippen LogP contribution in [0, 0.1) is 0 Å². The fourth-order valence-electron chi connectivity index (χ4n) is 3.54. The summed E-state index contributed by atoms with van der Waals surface area (Å²) in [6.45, 7) is 0.547. The molecule has 1 aromatic carbocycles. The molecule has 0 unspecified atom stereocenters. The summed E-state index contributed by atoms with van der Waals surface area (Å²) in [6, 6.07) is 15.2. The maximum absolute atomic E-state index is 13.1. The zero-order valence-electron chi connectivity index (χ0n) is 16.6. The van der Waals surface area contributed by atoms with Gasteiger partial charge < -0.3 is 4.57 Å². The lowest BCUT2D eigenvalue weighted by Crippen LogP contribution is -2.22. The van der Waals surface area contributed by atoms with Crippen molar-refractivity contribution in [2.45, 2.75) is 18.1 Å². The molecular formula is C22H18N6O2S. The number of hydrogen-bond donors (Lipinski definition) is 1. The molecule has 0 aliphatic heterocycles. The van der Waals surface area contributed by atoms with Gasteiger partial charge in [0.1, 0.15) is 0 Å². The summed E-state index contributed by atoms with van der Waals surface area (Å²) in [6.07, 6.45) is 5.96. The van der Waals surface area contributed by atoms with Crippen molar-refractivity contribution < 1.29 is 0 Å². The molecule has 154 valence electrons. The van der Waals surface area contributed by atoms with Crippen molar-refractivity contribution in [1.29, 1.82) is 0 Å². The Labute approximate surface area is 180 Å². The van der Waals surface area contributed by atoms with Crippen molar-refractivity contribution in [3.63, 3.8) is 0 Å². The van der Waals surface area contributed by atoms with E-state index in [-0.39, 0.29) is 11.1 Å². The summed E-state index contributed by atoms with van der Waals surface area (Å²) in [5.74, 6) is 0.324. The van der Waals surface area contributed by atoms with Gasteiger partial charge in [-0.3, -0.25) is 14.2 Å². The number of aryl methyl sites for hydroxylation is 2. The topological polar surface area (TPSA) is 98.5 Å². The van der Waals surface area contributed by atoms with Gasteiger partial charge in [-0.15, -0.1) is 5.10 Å². The second kappa shape index (κ2) is 7.84. The number of H-pyrrole nitrogens is 1. The third-order valence-electron chi connectivity index (χ3n) is 5.16. The van der Waals surface area contributed by atoms with Gasteiger partial charge >= 0.3 is 0 Å². The highest BCUT2D eigenvalue weighted by molar-refractivity contribution is 7.98. The third-order valence-corrected chi connectivity index (χ3v) is 5.71. The van der Waals surface area contributed by atoms with Gasteiger partial charge in [0.05, 0.1) is 21.8 Å². The van der Waals surface area contributed by atoms with Crippen molar-refractivity contribution in [3.05, 3.63) is 87.2 Å². The van der Waals surface area contributed by atoms with E-state index in [4.69, 9.17) is 0 Å². The molecule has 9 heteroatoms. The van der Waals surface area contributed by atoms with E-state index in [0.717, 1.165) is 12.0 Å². The number of aromatic nitrogens is 6. The van der Waals surface area contributed by atoms with Crippen molar-refractivity contribution in [1.82, 2.24) is 29.3 Å². The van der Waals surface area contributed by atoms with Crippen LogP contribution in [-0.2, 0) is 13.0 Å². The van der Waals surface area contributed by atoms with Crippen LogP contribution in [0.1, 0.15) is 5.56 Å². The number of nitrogens with one attached hydrogen (secondary N) is 1. The minimum atomic E-state index is -0.310. The fourth-order valence-corrected chi connectivity index (χ4v) is 3.85. The molecule has 0 fully saturated rings. The number of pyridine rings is 3. The van der Waals surface area contributed by atoms with E-state index >= 15 is 0 Å². The lowest BCUT2D eigenvalue weighted by atomic mass is 10.1. The van der Waals surface area contributed by atoms with Crippen LogP contribution in [0.5, 0.6) is 0 Å². The molecule has 0 saturated carbocycles. The van der Waals surface area contributed by atoms with Gasteiger partial charge in [-0.05, 0) is 36.4 Å². The summed E-state index contributed by atoms with van der Waals surface area (Å²) in [5, 5.41) is 8.13. The first kappa shape index (κ1) is 19.3. The van der Waals surface area contributed by atoms with Crippen LogP contribution < -0.4 is 11.1 Å². The average Bonchev–Trinajstić information content (AvgIpc) is 3.28. The van der Waals surface area contributed by atoms with E-state index < -0.39 is 0 Å². The van der Waals surface area contributed by atoms with Crippen molar-refractivity contribution in [2.24, 2.45) is 0 Å². The first-order chi connectivity index (χ1) is 15.1. The molecule has 4 heterocycles. The van der Waals surface area contributed by atoms with Gasteiger partial charge in [-0.1, -0.05) is 42.1 Å². The molecule has 0 aliphatic rings. The Morgan fingerprint density at radius 1 is 0.935 bits per heavy atom. The minimum absolute atomic E-state index is 0.165. The standard InChI is InChI=1S/C22H18N6O2S/c1-31-22-24-21(25-26-22)28-12-9-18-16(20(28)30)13-15-17(23-18)8-11-27(19(15)29)10-7-14-5-3-2-4-6-14/h2-6,8-9,11-13H,7,10H2,1H3,(H,24,25,26). The van der Waals surface area contributed by atoms with Crippen LogP contribution >= 0.6 is 11.8 Å². The number of thioether (sulfide) groups is 1. The van der Waals surface area contributed by atoms with Gasteiger partial charge in [0.2, 0.25) is 11.1 Å². The molecule has 0 spiro atoms. The van der Waals surface area contributed by atoms with E-state index in [2.05, 4.69) is 20.2 Å². The minimum Gasteiger partial charge on any atom is -0.315 e. The summed E-state index contributed by atoms with van der Waals surface area (Å²) >= 11 is 1.38. The Bertz CT molecular complexity index is 1520. The number of fused-ring (bicyclic) bond motifs is 2. The summed E-state index contributed by atoms with van der Waals surface area (Å²) in [4.78, 5) is 35.0. The molecule has 0 atom stereocenters. The summed E-state index contributed by atoms with van der Waals surface area (Å²) in [7, 11) is 0. The zero-order valence-corrected chi connectivity index (χ0v) is 17.5. The molecule has 0 amide bonds. The first-order valence-electron chi connectivity index (χ1n) is 9.70. The van der Waals surface area contributed by atoms with Crippen molar-refractivity contribution >= 4 is 33.6 Å². The number of nitrogens with zero attached hydrogens (tertiary/aromatic N) is 5. The van der Waals surface area contributed by atoms with Gasteiger partial charge in [0.25, 0.3) is 11.1 Å². The molecule has 0 aliphatic carbocycles. The lowest BCUT2D eigenvalue weighted by Gasteiger charge is -2.09. The quantitative estimate of drug-likeness (QED) is 0.340. The molecule has 4 aromatic heterocycles. The van der Waals surface area contributed by atoms with E-state index in [0.29, 0.717) is 39.5 Å². The van der Waals surface area contributed by atoms with E-state index in [1.54, 1.807) is 29.1 Å². The molecule has 1 N–H and O–H groups in total. The van der Waals surface area contributed by atoms with Crippen LogP contribution in [0.3, 0.4) is 0 Å². The second-order valence-electron chi connectivity index (χ2n) is 7.04. The highest BCUT2D eigenvalue weighted by atomic mass is 32.2. The van der Waals surface area contributed by atoms with Gasteiger partial charge in [0, 0.05) is 18.9 Å². The number of aromatic amines is 1. The number of rotatable bonds is 5. The molecule has 8 nitrogen and oxygen atoms in total. The predicted molar refractivity (Wildman–Crippen MR) is 121 cm³/mol. The molecule has 0 radical (unpaired) electrons. The SMILES string of the molecule is CSc1n[nH]c(-n2ccc3nc4ccn(CCc5ccccc5)c(=O)c4cc3c2=O)n1. The fraction of sp³-hybridized carbons (Fsp3) is 0.136. The average molecular weight is 430 g/mol. The number of benzene rings is 1. The van der Waals surface area contributed by atoms with Gasteiger partial charge in [-0.25, -0.2) is 10.1 Å². The maximum Gasteiger partial charge on any atom is 0.266 e. The van der Waals surface area contributed by atoms with Crippen LogP contribution in [0.4, 0.5) is 0 Å². The third kappa shape index (κ3) is 3.53.